The Balaban J connectivity index is 1.88. The van der Waals surface area contributed by atoms with Crippen molar-refractivity contribution < 1.29 is 0 Å². The van der Waals surface area contributed by atoms with Crippen LogP contribution >= 0.6 is 11.8 Å². The van der Waals surface area contributed by atoms with Crippen LogP contribution in [0, 0.1) is 5.92 Å². The lowest BCUT2D eigenvalue weighted by Crippen LogP contribution is -2.34. The zero-order valence-corrected chi connectivity index (χ0v) is 12.4. The average Bonchev–Trinajstić information content (AvgIpc) is 2.77. The van der Waals surface area contributed by atoms with Crippen molar-refractivity contribution in [1.29, 1.82) is 0 Å². The molecular formula is C14H25N3S. The summed E-state index contributed by atoms with van der Waals surface area (Å²) in [5, 5.41) is 3.64. The van der Waals surface area contributed by atoms with Crippen molar-refractivity contribution >= 4 is 11.8 Å². The smallest absolute Gasteiger partial charge is 0.109 e. The predicted octanol–water partition coefficient (Wildman–Crippen LogP) is 2.47. The summed E-state index contributed by atoms with van der Waals surface area (Å²) < 4.78 is 2.14. The molecule has 102 valence electrons. The van der Waals surface area contributed by atoms with E-state index in [2.05, 4.69) is 40.6 Å². The molecule has 1 fully saturated rings. The summed E-state index contributed by atoms with van der Waals surface area (Å²) in [6.07, 6.45) is 9.09. The van der Waals surface area contributed by atoms with Gasteiger partial charge in [-0.25, -0.2) is 4.98 Å². The Morgan fingerprint density at radius 2 is 2.28 bits per heavy atom. The molecule has 0 spiro atoms. The molecule has 3 nitrogen and oxygen atoms in total. The minimum atomic E-state index is 0.587. The maximum atomic E-state index is 4.45. The molecule has 1 N–H and O–H groups in total. The summed E-state index contributed by atoms with van der Waals surface area (Å²) in [6.45, 7) is 3.25. The molecule has 1 saturated heterocycles. The molecule has 0 saturated carbocycles. The van der Waals surface area contributed by atoms with Gasteiger partial charge in [0.25, 0.3) is 0 Å². The third-order valence-corrected chi connectivity index (χ3v) is 4.85. The van der Waals surface area contributed by atoms with Crippen molar-refractivity contribution in [3.05, 3.63) is 18.2 Å². The van der Waals surface area contributed by atoms with E-state index in [1.54, 1.807) is 0 Å². The minimum absolute atomic E-state index is 0.587. The second-order valence-corrected chi connectivity index (χ2v) is 6.43. The molecule has 1 unspecified atom stereocenters. The van der Waals surface area contributed by atoms with E-state index in [0.29, 0.717) is 6.04 Å². The van der Waals surface area contributed by atoms with Gasteiger partial charge in [0, 0.05) is 31.9 Å². The highest BCUT2D eigenvalue weighted by atomic mass is 32.2. The fourth-order valence-electron chi connectivity index (χ4n) is 2.73. The van der Waals surface area contributed by atoms with E-state index in [4.69, 9.17) is 0 Å². The molecule has 1 atom stereocenters. The quantitative estimate of drug-likeness (QED) is 0.859. The number of hydrogen-bond donors (Lipinski definition) is 1. The van der Waals surface area contributed by atoms with Gasteiger partial charge in [-0.15, -0.1) is 0 Å². The molecule has 0 aliphatic carbocycles. The first kappa shape index (κ1) is 13.9. The van der Waals surface area contributed by atoms with Gasteiger partial charge in [-0.2, -0.15) is 11.8 Å². The fourth-order valence-corrected chi connectivity index (χ4v) is 3.93. The van der Waals surface area contributed by atoms with E-state index in [0.717, 1.165) is 18.9 Å². The zero-order valence-electron chi connectivity index (χ0n) is 11.6. The molecule has 1 aliphatic rings. The summed E-state index contributed by atoms with van der Waals surface area (Å²) in [5.41, 5.74) is 0. The van der Waals surface area contributed by atoms with Gasteiger partial charge in [0.05, 0.1) is 0 Å². The summed E-state index contributed by atoms with van der Waals surface area (Å²) in [4.78, 5) is 4.45. The van der Waals surface area contributed by atoms with Crippen LogP contribution in [0.1, 0.15) is 32.0 Å². The number of rotatable bonds is 6. The molecule has 0 amide bonds. The molecule has 0 radical (unpaired) electrons. The van der Waals surface area contributed by atoms with Crippen molar-refractivity contribution in [2.45, 2.75) is 38.6 Å². The Labute approximate surface area is 115 Å². The molecule has 1 aromatic rings. The molecule has 2 rings (SSSR count). The molecular weight excluding hydrogens is 242 g/mol. The van der Waals surface area contributed by atoms with Crippen LogP contribution in [0.15, 0.2) is 12.4 Å². The number of imidazole rings is 1. The van der Waals surface area contributed by atoms with E-state index >= 15 is 0 Å². The Hall–Kier alpha value is -0.480. The first-order valence-corrected chi connectivity index (χ1v) is 8.22. The molecule has 2 heterocycles. The molecule has 1 aliphatic heterocycles. The lowest BCUT2D eigenvalue weighted by Gasteiger charge is -2.26. The topological polar surface area (TPSA) is 29.9 Å². The van der Waals surface area contributed by atoms with E-state index in [1.165, 1.54) is 36.6 Å². The first-order valence-electron chi connectivity index (χ1n) is 7.07. The van der Waals surface area contributed by atoms with Crippen molar-refractivity contribution in [3.63, 3.8) is 0 Å². The van der Waals surface area contributed by atoms with Gasteiger partial charge in [-0.3, -0.25) is 0 Å². The second kappa shape index (κ2) is 7.19. The highest BCUT2D eigenvalue weighted by Crippen LogP contribution is 2.26. The van der Waals surface area contributed by atoms with Gasteiger partial charge >= 0.3 is 0 Å². The number of nitrogens with zero attached hydrogens (tertiary/aromatic N) is 2. The van der Waals surface area contributed by atoms with Crippen LogP contribution in [0.2, 0.25) is 0 Å². The predicted molar refractivity (Wildman–Crippen MR) is 79.0 cm³/mol. The highest BCUT2D eigenvalue weighted by Gasteiger charge is 2.19. The van der Waals surface area contributed by atoms with Gasteiger partial charge in [0.1, 0.15) is 5.82 Å². The molecule has 18 heavy (non-hydrogen) atoms. The first-order chi connectivity index (χ1) is 8.79. The SMILES string of the molecule is CCNC(Cc1nccn1C)CC1CCSCC1. The Morgan fingerprint density at radius 3 is 2.89 bits per heavy atom. The number of aromatic nitrogens is 2. The summed E-state index contributed by atoms with van der Waals surface area (Å²) >= 11 is 2.11. The molecule has 1 aromatic heterocycles. The number of hydrogen-bond acceptors (Lipinski definition) is 3. The third-order valence-electron chi connectivity index (χ3n) is 3.80. The van der Waals surface area contributed by atoms with Crippen molar-refractivity contribution in [2.24, 2.45) is 13.0 Å². The fraction of sp³-hybridized carbons (Fsp3) is 0.786. The number of nitrogens with one attached hydrogen (secondary N) is 1. The van der Waals surface area contributed by atoms with Crippen LogP contribution in [0.4, 0.5) is 0 Å². The summed E-state index contributed by atoms with van der Waals surface area (Å²) in [6, 6.07) is 0.587. The zero-order chi connectivity index (χ0) is 12.8. The number of likely N-dealkylation sites (N-methyl/N-ethyl adjacent to an activating group) is 1. The van der Waals surface area contributed by atoms with Crippen LogP contribution in [0.25, 0.3) is 0 Å². The van der Waals surface area contributed by atoms with Crippen LogP contribution in [-0.2, 0) is 13.5 Å². The molecule has 4 heteroatoms. The standard InChI is InChI=1S/C14H25N3S/c1-3-15-13(10-12-4-8-18-9-5-12)11-14-16-6-7-17(14)2/h6-7,12-13,15H,3-5,8-11H2,1-2H3. The van der Waals surface area contributed by atoms with Gasteiger partial charge in [0.2, 0.25) is 0 Å². The Kier molecular flexibility index (Phi) is 5.57. The van der Waals surface area contributed by atoms with E-state index in [-0.39, 0.29) is 0 Å². The van der Waals surface area contributed by atoms with Crippen LogP contribution in [0.5, 0.6) is 0 Å². The maximum absolute atomic E-state index is 4.45. The van der Waals surface area contributed by atoms with Gasteiger partial charge < -0.3 is 9.88 Å². The summed E-state index contributed by atoms with van der Waals surface area (Å²) in [5.74, 6) is 4.82. The third kappa shape index (κ3) is 4.02. The normalized spacial score (nSPS) is 19.0. The van der Waals surface area contributed by atoms with Gasteiger partial charge in [0.15, 0.2) is 0 Å². The number of thioether (sulfide) groups is 1. The highest BCUT2D eigenvalue weighted by molar-refractivity contribution is 7.99. The Morgan fingerprint density at radius 1 is 1.50 bits per heavy atom. The van der Waals surface area contributed by atoms with Gasteiger partial charge in [-0.05, 0) is 43.2 Å². The van der Waals surface area contributed by atoms with E-state index in [1.807, 2.05) is 12.4 Å². The second-order valence-electron chi connectivity index (χ2n) is 5.20. The minimum Gasteiger partial charge on any atom is -0.338 e. The van der Waals surface area contributed by atoms with Crippen molar-refractivity contribution in [3.8, 4) is 0 Å². The van der Waals surface area contributed by atoms with Crippen LogP contribution < -0.4 is 5.32 Å². The number of aryl methyl sites for hydroxylation is 1. The molecule has 0 aromatic carbocycles. The Bertz CT molecular complexity index is 345. The maximum Gasteiger partial charge on any atom is 0.109 e. The van der Waals surface area contributed by atoms with Crippen LogP contribution in [0.3, 0.4) is 0 Å². The van der Waals surface area contributed by atoms with Gasteiger partial charge in [-0.1, -0.05) is 6.92 Å². The van der Waals surface area contributed by atoms with Crippen LogP contribution in [-0.4, -0.2) is 33.6 Å². The monoisotopic (exact) mass is 267 g/mol. The molecule has 0 bridgehead atoms. The largest absolute Gasteiger partial charge is 0.338 e. The lowest BCUT2D eigenvalue weighted by atomic mass is 9.92. The van der Waals surface area contributed by atoms with E-state index < -0.39 is 0 Å². The van der Waals surface area contributed by atoms with E-state index in [9.17, 15) is 0 Å². The average molecular weight is 267 g/mol. The summed E-state index contributed by atoms with van der Waals surface area (Å²) in [7, 11) is 2.09. The van der Waals surface area contributed by atoms with Crippen molar-refractivity contribution in [2.75, 3.05) is 18.1 Å². The van der Waals surface area contributed by atoms with Crippen molar-refractivity contribution in [1.82, 2.24) is 14.9 Å². The lowest BCUT2D eigenvalue weighted by molar-refractivity contribution is 0.361.